The molecule has 0 radical (unpaired) electrons. The van der Waals surface area contributed by atoms with Crippen LogP contribution in [0.4, 0.5) is 8.78 Å². The van der Waals surface area contributed by atoms with Crippen LogP contribution in [-0.4, -0.2) is 15.8 Å². The van der Waals surface area contributed by atoms with Crippen LogP contribution >= 0.6 is 11.6 Å². The molecule has 0 atom stereocenters. The first-order chi connectivity index (χ1) is 14.0. The molecule has 146 valence electrons. The van der Waals surface area contributed by atoms with Crippen LogP contribution in [0.5, 0.6) is 0 Å². The summed E-state index contributed by atoms with van der Waals surface area (Å²) in [6.07, 6.45) is 0. The van der Waals surface area contributed by atoms with Crippen molar-refractivity contribution in [2.45, 2.75) is 13.1 Å². The quantitative estimate of drug-likeness (QED) is 0.428. The second-order valence-corrected chi connectivity index (χ2v) is 6.95. The van der Waals surface area contributed by atoms with E-state index in [-0.39, 0.29) is 24.5 Å². The molecule has 29 heavy (non-hydrogen) atoms. The molecule has 0 unspecified atom stereocenters. The molecule has 3 aromatic carbocycles. The molecule has 0 spiro atoms. The molecule has 0 saturated carbocycles. The lowest BCUT2D eigenvalue weighted by Gasteiger charge is -2.21. The number of aromatic nitrogens is 1. The van der Waals surface area contributed by atoms with Crippen molar-refractivity contribution in [3.63, 3.8) is 0 Å². The van der Waals surface area contributed by atoms with Gasteiger partial charge in [-0.25, -0.2) is 13.8 Å². The predicted octanol–water partition coefficient (Wildman–Crippen LogP) is 5.60. The first-order valence-electron chi connectivity index (χ1n) is 8.82. The Morgan fingerprint density at radius 1 is 0.966 bits per heavy atom. The predicted molar refractivity (Wildman–Crippen MR) is 105 cm³/mol. The normalized spacial score (nSPS) is 11.0. The summed E-state index contributed by atoms with van der Waals surface area (Å²) in [5.41, 5.74) is 2.04. The third-order valence-electron chi connectivity index (χ3n) is 4.37. The van der Waals surface area contributed by atoms with Crippen molar-refractivity contribution >= 4 is 28.6 Å². The van der Waals surface area contributed by atoms with Gasteiger partial charge in [-0.15, -0.1) is 0 Å². The van der Waals surface area contributed by atoms with Crippen LogP contribution in [0.15, 0.2) is 71.1 Å². The van der Waals surface area contributed by atoms with Crippen molar-refractivity contribution in [2.75, 3.05) is 0 Å². The van der Waals surface area contributed by atoms with Gasteiger partial charge in [-0.05, 0) is 54.1 Å². The molecule has 1 aromatic heterocycles. The van der Waals surface area contributed by atoms with Gasteiger partial charge in [0.25, 0.3) is 5.91 Å². The largest absolute Gasteiger partial charge is 0.439 e. The van der Waals surface area contributed by atoms with Gasteiger partial charge in [0.05, 0.1) is 6.54 Å². The minimum atomic E-state index is -0.505. The first-order valence-corrected chi connectivity index (χ1v) is 9.20. The fourth-order valence-electron chi connectivity index (χ4n) is 2.99. The van der Waals surface area contributed by atoms with Crippen LogP contribution in [0, 0.1) is 11.6 Å². The van der Waals surface area contributed by atoms with E-state index in [1.54, 1.807) is 30.3 Å². The molecule has 1 heterocycles. The van der Waals surface area contributed by atoms with E-state index in [0.29, 0.717) is 22.0 Å². The van der Waals surface area contributed by atoms with E-state index in [1.807, 2.05) is 0 Å². The maximum Gasteiger partial charge on any atom is 0.254 e. The summed E-state index contributed by atoms with van der Waals surface area (Å²) in [6.45, 7) is 0.230. The van der Waals surface area contributed by atoms with E-state index in [1.165, 1.54) is 41.3 Å². The Kier molecular flexibility index (Phi) is 5.27. The molecule has 0 N–H and O–H groups in total. The second kappa shape index (κ2) is 8.01. The van der Waals surface area contributed by atoms with E-state index < -0.39 is 11.7 Å². The van der Waals surface area contributed by atoms with Crippen LogP contribution in [0.1, 0.15) is 21.8 Å². The molecule has 0 saturated heterocycles. The highest BCUT2D eigenvalue weighted by atomic mass is 35.5. The van der Waals surface area contributed by atoms with E-state index in [9.17, 15) is 13.6 Å². The number of oxazole rings is 1. The molecule has 4 rings (SSSR count). The Bertz CT molecular complexity index is 1180. The van der Waals surface area contributed by atoms with Crippen molar-refractivity contribution in [3.8, 4) is 0 Å². The lowest BCUT2D eigenvalue weighted by molar-refractivity contribution is 0.0715. The zero-order chi connectivity index (χ0) is 20.4. The topological polar surface area (TPSA) is 46.3 Å². The number of benzene rings is 3. The standard InChI is InChI=1S/C22H15ClF2N2O2/c23-16-6-9-20-19(11-16)26-21(29-20)13-27(12-14-4-7-17(24)8-5-14)22(28)15-2-1-3-18(25)10-15/h1-11H,12-13H2. The number of rotatable bonds is 5. The number of carbonyl (C=O) groups is 1. The summed E-state index contributed by atoms with van der Waals surface area (Å²) >= 11 is 5.99. The fourth-order valence-corrected chi connectivity index (χ4v) is 3.16. The average molecular weight is 413 g/mol. The number of hydrogen-bond donors (Lipinski definition) is 0. The molecule has 4 nitrogen and oxygen atoms in total. The van der Waals surface area contributed by atoms with Gasteiger partial charge in [0.15, 0.2) is 5.58 Å². The van der Waals surface area contributed by atoms with E-state index in [0.717, 1.165) is 5.56 Å². The zero-order valence-corrected chi connectivity index (χ0v) is 15.9. The molecule has 1 amide bonds. The van der Waals surface area contributed by atoms with Gasteiger partial charge < -0.3 is 9.32 Å². The monoisotopic (exact) mass is 412 g/mol. The van der Waals surface area contributed by atoms with Gasteiger partial charge in [0.1, 0.15) is 17.2 Å². The lowest BCUT2D eigenvalue weighted by atomic mass is 10.1. The van der Waals surface area contributed by atoms with Crippen molar-refractivity contribution < 1.29 is 18.0 Å². The molecule has 0 aliphatic carbocycles. The highest BCUT2D eigenvalue weighted by Gasteiger charge is 2.20. The van der Waals surface area contributed by atoms with Crippen LogP contribution in [0.3, 0.4) is 0 Å². The number of carbonyl (C=O) groups excluding carboxylic acids is 1. The van der Waals surface area contributed by atoms with E-state index in [4.69, 9.17) is 16.0 Å². The Morgan fingerprint density at radius 2 is 1.76 bits per heavy atom. The molecule has 0 fully saturated rings. The SMILES string of the molecule is O=C(c1cccc(F)c1)N(Cc1ccc(F)cc1)Cc1nc2cc(Cl)ccc2o1. The van der Waals surface area contributed by atoms with Crippen LogP contribution in [-0.2, 0) is 13.1 Å². The summed E-state index contributed by atoms with van der Waals surface area (Å²) in [4.78, 5) is 18.9. The average Bonchev–Trinajstić information content (AvgIpc) is 3.10. The first kappa shape index (κ1) is 19.1. The summed E-state index contributed by atoms with van der Waals surface area (Å²) in [7, 11) is 0. The summed E-state index contributed by atoms with van der Waals surface area (Å²) in [5, 5.41) is 0.524. The number of hydrogen-bond acceptors (Lipinski definition) is 3. The van der Waals surface area contributed by atoms with Crippen molar-refractivity contribution in [1.82, 2.24) is 9.88 Å². The highest BCUT2D eigenvalue weighted by molar-refractivity contribution is 6.31. The molecule has 4 aromatic rings. The Labute approximate surface area is 170 Å². The third-order valence-corrected chi connectivity index (χ3v) is 4.60. The second-order valence-electron chi connectivity index (χ2n) is 6.52. The zero-order valence-electron chi connectivity index (χ0n) is 15.1. The summed E-state index contributed by atoms with van der Waals surface area (Å²) < 4.78 is 32.6. The minimum Gasteiger partial charge on any atom is -0.439 e. The lowest BCUT2D eigenvalue weighted by Crippen LogP contribution is -2.30. The fraction of sp³-hybridized carbons (Fsp3) is 0.0909. The van der Waals surface area contributed by atoms with Gasteiger partial charge in [-0.2, -0.15) is 0 Å². The molecule has 0 aliphatic heterocycles. The molecular weight excluding hydrogens is 398 g/mol. The maximum atomic E-state index is 13.6. The van der Waals surface area contributed by atoms with Crippen LogP contribution in [0.2, 0.25) is 5.02 Å². The van der Waals surface area contributed by atoms with Crippen molar-refractivity contribution in [1.29, 1.82) is 0 Å². The number of amides is 1. The summed E-state index contributed by atoms with van der Waals surface area (Å²) in [5.74, 6) is -0.954. The number of nitrogens with zero attached hydrogens (tertiary/aromatic N) is 2. The Balaban J connectivity index is 1.66. The smallest absolute Gasteiger partial charge is 0.254 e. The molecule has 0 aliphatic rings. The Hall–Kier alpha value is -3.25. The van der Waals surface area contributed by atoms with Gasteiger partial charge in [-0.1, -0.05) is 29.8 Å². The molecular formula is C22H15ClF2N2O2. The molecule has 7 heteroatoms. The highest BCUT2D eigenvalue weighted by Crippen LogP contribution is 2.22. The van der Waals surface area contributed by atoms with Gasteiger partial charge in [-0.3, -0.25) is 4.79 Å². The van der Waals surface area contributed by atoms with Crippen molar-refractivity contribution in [2.24, 2.45) is 0 Å². The van der Waals surface area contributed by atoms with Gasteiger partial charge in [0.2, 0.25) is 5.89 Å². The van der Waals surface area contributed by atoms with Crippen LogP contribution < -0.4 is 0 Å². The van der Waals surface area contributed by atoms with Crippen LogP contribution in [0.25, 0.3) is 11.1 Å². The maximum absolute atomic E-state index is 13.6. The van der Waals surface area contributed by atoms with Gasteiger partial charge >= 0.3 is 0 Å². The minimum absolute atomic E-state index is 0.0546. The third kappa shape index (κ3) is 4.43. The van der Waals surface area contributed by atoms with E-state index in [2.05, 4.69) is 4.98 Å². The number of fused-ring (bicyclic) bond motifs is 1. The molecule has 0 bridgehead atoms. The van der Waals surface area contributed by atoms with Gasteiger partial charge in [0, 0.05) is 17.1 Å². The summed E-state index contributed by atoms with van der Waals surface area (Å²) in [6, 6.07) is 16.3. The number of halogens is 3. The Morgan fingerprint density at radius 3 is 2.52 bits per heavy atom. The van der Waals surface area contributed by atoms with E-state index >= 15 is 0 Å². The van der Waals surface area contributed by atoms with Crippen molar-refractivity contribution in [3.05, 3.63) is 100 Å².